The van der Waals surface area contributed by atoms with Crippen LogP contribution in [-0.2, 0) is 27.2 Å². The van der Waals surface area contributed by atoms with Crippen LogP contribution in [0, 0.1) is 11.8 Å². The normalized spacial score (nSPS) is 12.4. The van der Waals surface area contributed by atoms with Crippen molar-refractivity contribution in [3.63, 3.8) is 0 Å². The van der Waals surface area contributed by atoms with E-state index in [1.807, 2.05) is 13.8 Å². The van der Waals surface area contributed by atoms with Crippen molar-refractivity contribution in [2.45, 2.75) is 20.8 Å². The summed E-state index contributed by atoms with van der Waals surface area (Å²) in [6.07, 6.45) is 0. The summed E-state index contributed by atoms with van der Waals surface area (Å²) in [6, 6.07) is 0. The van der Waals surface area contributed by atoms with Gasteiger partial charge < -0.3 is 9.90 Å². The maximum absolute atomic E-state index is 10.0. The number of carbonyl (C=O) groups excluding carboxylic acids is 1. The van der Waals surface area contributed by atoms with Gasteiger partial charge in [0.2, 0.25) is 0 Å². The van der Waals surface area contributed by atoms with Gasteiger partial charge >= 0.3 is 22.4 Å². The third-order valence-corrected chi connectivity index (χ3v) is 1.37. The van der Waals surface area contributed by atoms with Gasteiger partial charge in [0, 0.05) is 5.97 Å². The number of hydrogen-bond acceptors (Lipinski definition) is 2. The summed E-state index contributed by atoms with van der Waals surface area (Å²) in [6.45, 7) is 5.38. The van der Waals surface area contributed by atoms with Crippen molar-refractivity contribution in [1.82, 2.24) is 0 Å². The Morgan fingerprint density at radius 2 is 1.67 bits per heavy atom. The second-order valence-corrected chi connectivity index (χ2v) is 2.35. The predicted octanol–water partition coefficient (Wildman–Crippen LogP) is 0.0259. The van der Waals surface area contributed by atoms with Gasteiger partial charge in [-0.15, -0.1) is 0 Å². The third kappa shape index (κ3) is 4.70. The summed E-state index contributed by atoms with van der Waals surface area (Å²) in [7, 11) is 0. The van der Waals surface area contributed by atoms with Crippen LogP contribution in [0.5, 0.6) is 0 Å². The van der Waals surface area contributed by atoms with Gasteiger partial charge in [0.1, 0.15) is 0 Å². The molecular formula is C6H11AgO2. The topological polar surface area (TPSA) is 40.1 Å². The molecule has 0 rings (SSSR count). The Balaban J connectivity index is 0. The molecule has 0 radical (unpaired) electrons. The minimum Gasteiger partial charge on any atom is -0.550 e. The maximum Gasteiger partial charge on any atom is 1.00 e. The van der Waals surface area contributed by atoms with E-state index in [0.717, 1.165) is 0 Å². The molecule has 0 aromatic carbocycles. The molecule has 0 heterocycles. The molecule has 1 atom stereocenters. The number of carboxylic acids is 1. The average Bonchev–Trinajstić information content (AvgIpc) is 1.64. The number of hydrogen-bond donors (Lipinski definition) is 0. The summed E-state index contributed by atoms with van der Waals surface area (Å²) < 4.78 is 0. The van der Waals surface area contributed by atoms with Crippen molar-refractivity contribution < 1.29 is 32.3 Å². The van der Waals surface area contributed by atoms with Gasteiger partial charge in [0.05, 0.1) is 0 Å². The first-order valence-corrected chi connectivity index (χ1v) is 2.76. The first-order valence-electron chi connectivity index (χ1n) is 2.76. The summed E-state index contributed by atoms with van der Waals surface area (Å²) in [5.74, 6) is -1.10. The molecule has 0 bridgehead atoms. The van der Waals surface area contributed by atoms with Gasteiger partial charge in [-0.1, -0.05) is 20.8 Å². The van der Waals surface area contributed by atoms with E-state index in [2.05, 4.69) is 0 Å². The van der Waals surface area contributed by atoms with E-state index in [1.165, 1.54) is 0 Å². The Bertz CT molecular complexity index is 91.1. The molecule has 0 aliphatic rings. The SMILES string of the molecule is CC(C)C(C)C(=O)[O-].[Ag+]. The Morgan fingerprint density at radius 3 is 1.67 bits per heavy atom. The Labute approximate surface area is 71.2 Å². The van der Waals surface area contributed by atoms with Crippen molar-refractivity contribution in [3.05, 3.63) is 0 Å². The fourth-order valence-electron chi connectivity index (χ4n) is 0.272. The molecule has 0 spiro atoms. The van der Waals surface area contributed by atoms with Gasteiger partial charge in [-0.05, 0) is 11.8 Å². The van der Waals surface area contributed by atoms with Gasteiger partial charge in [-0.3, -0.25) is 0 Å². The smallest absolute Gasteiger partial charge is 0.550 e. The summed E-state index contributed by atoms with van der Waals surface area (Å²) in [5, 5.41) is 10.0. The molecule has 0 saturated heterocycles. The zero-order chi connectivity index (χ0) is 6.73. The van der Waals surface area contributed by atoms with E-state index in [9.17, 15) is 9.90 Å². The minimum atomic E-state index is -0.958. The molecule has 3 heteroatoms. The van der Waals surface area contributed by atoms with Crippen LogP contribution in [0.1, 0.15) is 20.8 Å². The molecule has 9 heavy (non-hydrogen) atoms. The van der Waals surface area contributed by atoms with Crippen LogP contribution in [0.15, 0.2) is 0 Å². The molecule has 0 N–H and O–H groups in total. The number of rotatable bonds is 2. The molecule has 2 nitrogen and oxygen atoms in total. The molecular weight excluding hydrogens is 212 g/mol. The fourth-order valence-corrected chi connectivity index (χ4v) is 0.272. The monoisotopic (exact) mass is 222 g/mol. The molecule has 0 aliphatic heterocycles. The van der Waals surface area contributed by atoms with Crippen molar-refractivity contribution in [1.29, 1.82) is 0 Å². The molecule has 1 unspecified atom stereocenters. The van der Waals surface area contributed by atoms with Gasteiger partial charge in [-0.2, -0.15) is 0 Å². The van der Waals surface area contributed by atoms with Gasteiger partial charge in [-0.25, -0.2) is 0 Å². The van der Waals surface area contributed by atoms with E-state index in [-0.39, 0.29) is 34.2 Å². The summed E-state index contributed by atoms with van der Waals surface area (Å²) in [5.41, 5.74) is 0. The van der Waals surface area contributed by atoms with Crippen LogP contribution in [0.25, 0.3) is 0 Å². The Morgan fingerprint density at radius 1 is 1.33 bits per heavy atom. The van der Waals surface area contributed by atoms with E-state index in [4.69, 9.17) is 0 Å². The van der Waals surface area contributed by atoms with Crippen LogP contribution >= 0.6 is 0 Å². The second-order valence-electron chi connectivity index (χ2n) is 2.35. The van der Waals surface area contributed by atoms with Crippen LogP contribution in [0.2, 0.25) is 0 Å². The number of carbonyl (C=O) groups is 1. The maximum atomic E-state index is 10.0. The molecule has 58 valence electrons. The first kappa shape index (κ1) is 11.9. The van der Waals surface area contributed by atoms with Crippen LogP contribution in [0.3, 0.4) is 0 Å². The van der Waals surface area contributed by atoms with E-state index < -0.39 is 5.97 Å². The first-order chi connectivity index (χ1) is 3.55. The molecule has 0 saturated carbocycles. The van der Waals surface area contributed by atoms with Crippen molar-refractivity contribution in [3.8, 4) is 0 Å². The third-order valence-electron chi connectivity index (χ3n) is 1.37. The van der Waals surface area contributed by atoms with Crippen LogP contribution in [0.4, 0.5) is 0 Å². The zero-order valence-corrected chi connectivity index (χ0v) is 7.25. The Kier molecular flexibility index (Phi) is 6.68. The second kappa shape index (κ2) is 5.03. The van der Waals surface area contributed by atoms with Crippen molar-refractivity contribution in [2.24, 2.45) is 11.8 Å². The molecule has 0 aliphatic carbocycles. The predicted molar refractivity (Wildman–Crippen MR) is 29.0 cm³/mol. The van der Waals surface area contributed by atoms with Gasteiger partial charge in [0.15, 0.2) is 0 Å². The quantitative estimate of drug-likeness (QED) is 0.619. The summed E-state index contributed by atoms with van der Waals surface area (Å²) in [4.78, 5) is 10.0. The van der Waals surface area contributed by atoms with E-state index in [1.54, 1.807) is 6.92 Å². The number of aliphatic carboxylic acids is 1. The van der Waals surface area contributed by atoms with Crippen molar-refractivity contribution in [2.75, 3.05) is 0 Å². The molecule has 0 aromatic rings. The van der Waals surface area contributed by atoms with E-state index in [0.29, 0.717) is 0 Å². The van der Waals surface area contributed by atoms with E-state index >= 15 is 0 Å². The molecule has 0 amide bonds. The standard InChI is InChI=1S/C6H12O2.Ag/c1-4(2)5(3)6(7)8;/h4-5H,1-3H3,(H,7,8);/q;+1/p-1. The Hall–Kier alpha value is 0.210. The fraction of sp³-hybridized carbons (Fsp3) is 0.833. The minimum absolute atomic E-state index is 0. The van der Waals surface area contributed by atoms with Gasteiger partial charge in [0.25, 0.3) is 0 Å². The van der Waals surface area contributed by atoms with Crippen LogP contribution < -0.4 is 5.11 Å². The zero-order valence-electron chi connectivity index (χ0n) is 5.77. The number of carboxylic acid groups (broad SMARTS) is 1. The largest absolute Gasteiger partial charge is 1.00 e. The van der Waals surface area contributed by atoms with Crippen LogP contribution in [-0.4, -0.2) is 5.97 Å². The van der Waals surface area contributed by atoms with Crippen molar-refractivity contribution >= 4 is 5.97 Å². The average molecular weight is 223 g/mol. The molecule has 0 fully saturated rings. The summed E-state index contributed by atoms with van der Waals surface area (Å²) >= 11 is 0. The molecule has 0 aromatic heterocycles.